The Morgan fingerprint density at radius 1 is 1.61 bits per heavy atom. The molecule has 2 N–H and O–H groups in total. The number of halogens is 1. The molecule has 3 rings (SSSR count). The van der Waals surface area contributed by atoms with Crippen LogP contribution in [-0.4, -0.2) is 26.5 Å². The predicted molar refractivity (Wildman–Crippen MR) is 71.1 cm³/mol. The molecule has 0 bridgehead atoms. The van der Waals surface area contributed by atoms with Gasteiger partial charge in [-0.2, -0.15) is 0 Å². The summed E-state index contributed by atoms with van der Waals surface area (Å²) in [5.41, 5.74) is 1.47. The minimum absolute atomic E-state index is 0.0395. The number of nitrogens with one attached hydrogen (secondary N) is 2. The number of hydrogen-bond donors (Lipinski definition) is 2. The van der Waals surface area contributed by atoms with Crippen LogP contribution in [0.25, 0.3) is 11.0 Å². The zero-order chi connectivity index (χ0) is 12.7. The molecule has 7 heteroatoms. The fourth-order valence-corrected chi connectivity index (χ4v) is 2.40. The number of H-pyrrole nitrogens is 1. The Labute approximate surface area is 113 Å². The number of fused-ring (bicyclic) bond motifs is 1. The Hall–Kier alpha value is -1.40. The number of pyridine rings is 1. The minimum Gasteiger partial charge on any atom is -0.352 e. The Bertz CT molecular complexity index is 673. The zero-order valence-electron chi connectivity index (χ0n) is 9.44. The van der Waals surface area contributed by atoms with E-state index in [-0.39, 0.29) is 12.5 Å². The van der Waals surface area contributed by atoms with Crippen molar-refractivity contribution in [2.45, 2.75) is 25.4 Å². The lowest BCUT2D eigenvalue weighted by Gasteiger charge is -2.06. The van der Waals surface area contributed by atoms with E-state index in [1.807, 2.05) is 0 Å². The molecule has 18 heavy (non-hydrogen) atoms. The van der Waals surface area contributed by atoms with Crippen LogP contribution in [0, 0.1) is 4.77 Å². The van der Waals surface area contributed by atoms with Crippen LogP contribution in [0.1, 0.15) is 12.8 Å². The van der Waals surface area contributed by atoms with E-state index in [4.69, 9.17) is 23.8 Å². The molecule has 2 aromatic heterocycles. The molecule has 5 nitrogen and oxygen atoms in total. The van der Waals surface area contributed by atoms with E-state index in [0.717, 1.165) is 23.9 Å². The summed E-state index contributed by atoms with van der Waals surface area (Å²) >= 11 is 11.3. The second-order valence-corrected chi connectivity index (χ2v) is 5.17. The van der Waals surface area contributed by atoms with Crippen LogP contribution in [0.2, 0.25) is 5.02 Å². The van der Waals surface area contributed by atoms with E-state index in [1.54, 1.807) is 17.0 Å². The van der Waals surface area contributed by atoms with Crippen LogP contribution < -0.4 is 5.32 Å². The van der Waals surface area contributed by atoms with Gasteiger partial charge in [0.2, 0.25) is 5.91 Å². The third kappa shape index (κ3) is 2.13. The van der Waals surface area contributed by atoms with Crippen LogP contribution in [0.3, 0.4) is 0 Å². The molecule has 0 unspecified atom stereocenters. The van der Waals surface area contributed by atoms with Crippen molar-refractivity contribution in [1.29, 1.82) is 0 Å². The smallest absolute Gasteiger partial charge is 0.240 e. The lowest BCUT2D eigenvalue weighted by atomic mass is 10.4. The molecule has 0 aromatic carbocycles. The first-order valence-corrected chi connectivity index (χ1v) is 6.45. The summed E-state index contributed by atoms with van der Waals surface area (Å²) in [5, 5.41) is 3.41. The highest BCUT2D eigenvalue weighted by Crippen LogP contribution is 2.22. The average molecular weight is 283 g/mol. The first-order valence-electron chi connectivity index (χ1n) is 5.66. The third-order valence-electron chi connectivity index (χ3n) is 2.87. The second kappa shape index (κ2) is 4.37. The summed E-state index contributed by atoms with van der Waals surface area (Å²) in [4.78, 5) is 18.8. The number of carbonyl (C=O) groups is 1. The number of amides is 1. The van der Waals surface area contributed by atoms with Crippen molar-refractivity contribution in [2.75, 3.05) is 0 Å². The SMILES string of the molecule is O=C(Cn1c(=S)[nH]c2cncc(Cl)c21)NC1CC1. The van der Waals surface area contributed by atoms with Gasteiger partial charge >= 0.3 is 0 Å². The van der Waals surface area contributed by atoms with Gasteiger partial charge in [0.15, 0.2) is 4.77 Å². The number of carbonyl (C=O) groups excluding carboxylic acids is 1. The lowest BCUT2D eigenvalue weighted by Crippen LogP contribution is -2.29. The molecule has 0 aliphatic heterocycles. The van der Waals surface area contributed by atoms with Crippen molar-refractivity contribution in [3.63, 3.8) is 0 Å². The normalized spacial score (nSPS) is 14.9. The molecular formula is C11H11ClN4OS. The Kier molecular flexibility index (Phi) is 2.83. The fraction of sp³-hybridized carbons (Fsp3) is 0.364. The Balaban J connectivity index is 1.97. The largest absolute Gasteiger partial charge is 0.352 e. The first-order chi connectivity index (χ1) is 8.65. The van der Waals surface area contributed by atoms with Crippen LogP contribution in [0.5, 0.6) is 0 Å². The molecule has 0 atom stereocenters. The van der Waals surface area contributed by atoms with Crippen molar-refractivity contribution >= 4 is 40.8 Å². The number of imidazole rings is 1. The highest BCUT2D eigenvalue weighted by molar-refractivity contribution is 7.71. The highest BCUT2D eigenvalue weighted by Gasteiger charge is 2.23. The molecule has 0 radical (unpaired) electrons. The van der Waals surface area contributed by atoms with E-state index in [9.17, 15) is 4.79 Å². The average Bonchev–Trinajstić information content (AvgIpc) is 3.05. The Morgan fingerprint density at radius 3 is 3.11 bits per heavy atom. The Morgan fingerprint density at radius 2 is 2.39 bits per heavy atom. The summed E-state index contributed by atoms with van der Waals surface area (Å²) in [6.45, 7) is 0.180. The van der Waals surface area contributed by atoms with Crippen LogP contribution in [-0.2, 0) is 11.3 Å². The summed E-state index contributed by atoms with van der Waals surface area (Å²) < 4.78 is 2.18. The monoisotopic (exact) mass is 282 g/mol. The standard InChI is InChI=1S/C11H11ClN4OS/c12-7-3-13-4-8-10(7)16(11(18)15-8)5-9(17)14-6-1-2-6/h3-4,6H,1-2,5H2,(H,14,17)(H,15,18). The first kappa shape index (κ1) is 11.7. The molecule has 1 aliphatic rings. The maximum Gasteiger partial charge on any atom is 0.240 e. The van der Waals surface area contributed by atoms with E-state index in [2.05, 4.69) is 15.3 Å². The predicted octanol–water partition coefficient (Wildman–Crippen LogP) is 2.03. The molecule has 1 fully saturated rings. The summed E-state index contributed by atoms with van der Waals surface area (Å²) in [6, 6.07) is 0.342. The van der Waals surface area contributed by atoms with Gasteiger partial charge in [0.1, 0.15) is 6.54 Å². The van der Waals surface area contributed by atoms with Crippen LogP contribution in [0.4, 0.5) is 0 Å². The number of nitrogens with zero attached hydrogens (tertiary/aromatic N) is 2. The number of hydrogen-bond acceptors (Lipinski definition) is 3. The van der Waals surface area contributed by atoms with Gasteiger partial charge in [0.25, 0.3) is 0 Å². The van der Waals surface area contributed by atoms with Crippen molar-refractivity contribution in [3.05, 3.63) is 22.2 Å². The van der Waals surface area contributed by atoms with Gasteiger partial charge in [0.05, 0.1) is 22.3 Å². The quantitative estimate of drug-likeness (QED) is 0.847. The van der Waals surface area contributed by atoms with Crippen molar-refractivity contribution in [2.24, 2.45) is 0 Å². The maximum absolute atomic E-state index is 11.8. The molecule has 0 saturated heterocycles. The number of rotatable bonds is 3. The molecule has 2 aromatic rings. The molecule has 1 aliphatic carbocycles. The molecule has 1 amide bonds. The summed E-state index contributed by atoms with van der Waals surface area (Å²) in [6.07, 6.45) is 5.32. The minimum atomic E-state index is -0.0395. The molecule has 1 saturated carbocycles. The van der Waals surface area contributed by atoms with Gasteiger partial charge in [-0.15, -0.1) is 0 Å². The van der Waals surface area contributed by atoms with E-state index >= 15 is 0 Å². The topological polar surface area (TPSA) is 62.7 Å². The van der Waals surface area contributed by atoms with Crippen molar-refractivity contribution in [3.8, 4) is 0 Å². The van der Waals surface area contributed by atoms with E-state index < -0.39 is 0 Å². The maximum atomic E-state index is 11.8. The lowest BCUT2D eigenvalue weighted by molar-refractivity contribution is -0.121. The third-order valence-corrected chi connectivity index (χ3v) is 3.47. The van der Waals surface area contributed by atoms with Gasteiger partial charge in [-0.05, 0) is 25.1 Å². The fourth-order valence-electron chi connectivity index (χ4n) is 1.87. The highest BCUT2D eigenvalue weighted by atomic mass is 35.5. The van der Waals surface area contributed by atoms with Gasteiger partial charge < -0.3 is 14.9 Å². The number of aromatic nitrogens is 3. The van der Waals surface area contributed by atoms with Gasteiger partial charge in [0, 0.05) is 12.2 Å². The zero-order valence-corrected chi connectivity index (χ0v) is 11.0. The van der Waals surface area contributed by atoms with Crippen molar-refractivity contribution in [1.82, 2.24) is 19.9 Å². The number of aromatic amines is 1. The summed E-state index contributed by atoms with van der Waals surface area (Å²) in [7, 11) is 0. The summed E-state index contributed by atoms with van der Waals surface area (Å²) in [5.74, 6) is -0.0395. The molecule has 2 heterocycles. The van der Waals surface area contributed by atoms with Gasteiger partial charge in [-0.25, -0.2) is 0 Å². The molecule has 94 valence electrons. The van der Waals surface area contributed by atoms with E-state index in [1.165, 1.54) is 0 Å². The van der Waals surface area contributed by atoms with E-state index in [0.29, 0.717) is 15.8 Å². The second-order valence-electron chi connectivity index (χ2n) is 4.38. The van der Waals surface area contributed by atoms with Crippen LogP contribution >= 0.6 is 23.8 Å². The van der Waals surface area contributed by atoms with Gasteiger partial charge in [-0.1, -0.05) is 11.6 Å². The van der Waals surface area contributed by atoms with Gasteiger partial charge in [-0.3, -0.25) is 9.78 Å². The molecular weight excluding hydrogens is 272 g/mol. The molecule has 0 spiro atoms. The van der Waals surface area contributed by atoms with Crippen LogP contribution in [0.15, 0.2) is 12.4 Å². The van der Waals surface area contributed by atoms with Crippen molar-refractivity contribution < 1.29 is 4.79 Å².